The molecule has 0 aromatic carbocycles. The third kappa shape index (κ3) is 2.13. The molecular weight excluding hydrogens is 349 g/mol. The molecule has 118 valence electrons. The molecule has 2 N–H and O–H groups in total. The van der Waals surface area contributed by atoms with Gasteiger partial charge >= 0.3 is 0 Å². The summed E-state index contributed by atoms with van der Waals surface area (Å²) < 4.78 is 16.6. The lowest BCUT2D eigenvalue weighted by molar-refractivity contribution is 0.183. The van der Waals surface area contributed by atoms with E-state index in [1.165, 1.54) is 0 Å². The zero-order valence-corrected chi connectivity index (χ0v) is 13.8. The fourth-order valence-corrected chi connectivity index (χ4v) is 4.43. The summed E-state index contributed by atoms with van der Waals surface area (Å²) in [5.74, 6) is 0.897. The van der Waals surface area contributed by atoms with E-state index in [1.54, 1.807) is 12.4 Å². The van der Waals surface area contributed by atoms with Gasteiger partial charge in [0.15, 0.2) is 5.65 Å². The van der Waals surface area contributed by atoms with Gasteiger partial charge in [0, 0.05) is 37.7 Å². The molecule has 0 unspecified atom stereocenters. The number of aromatic nitrogens is 3. The Hall–Kier alpha value is -1.21. The van der Waals surface area contributed by atoms with Crippen molar-refractivity contribution in [2.45, 2.75) is 37.9 Å². The Morgan fingerprint density at radius 3 is 2.77 bits per heavy atom. The lowest BCUT2D eigenvalue weighted by Crippen LogP contribution is -2.47. The van der Waals surface area contributed by atoms with Crippen LogP contribution in [0.4, 0.5) is 10.3 Å². The van der Waals surface area contributed by atoms with Crippen LogP contribution in [0.15, 0.2) is 23.1 Å². The topological polar surface area (TPSA) is 59.5 Å². The van der Waals surface area contributed by atoms with Crippen LogP contribution in [0.25, 0.3) is 5.65 Å². The Labute approximate surface area is 136 Å². The van der Waals surface area contributed by atoms with Crippen molar-refractivity contribution in [2.24, 2.45) is 11.1 Å². The fraction of sp³-hybridized carbons (Fsp3) is 0.600. The molecule has 2 fully saturated rings. The molecule has 0 amide bonds. The largest absolute Gasteiger partial charge is 0.342 e. The number of piperidine rings is 1. The fourth-order valence-electron chi connectivity index (χ4n) is 4.04. The number of halogens is 2. The van der Waals surface area contributed by atoms with Crippen LogP contribution in [0, 0.1) is 5.41 Å². The Morgan fingerprint density at radius 2 is 2.09 bits per heavy atom. The maximum Gasteiger partial charge on any atom is 0.211 e. The van der Waals surface area contributed by atoms with E-state index in [0.717, 1.165) is 42.0 Å². The summed E-state index contributed by atoms with van der Waals surface area (Å²) in [6.45, 7) is 1.73. The predicted molar refractivity (Wildman–Crippen MR) is 86.7 cm³/mol. The highest BCUT2D eigenvalue weighted by Gasteiger charge is 2.47. The standard InChI is InChI=1S/C15H19BrFN5/c16-11-9-20-14(22-6-3-19-13(11)22)21-4-1-15(2-5-21)8-10(17)7-12(15)18/h3,6,9-10,12H,1-2,4-5,7-8,18H2/t10-,12+/m0/s1. The third-order valence-electron chi connectivity index (χ3n) is 5.33. The lowest BCUT2D eigenvalue weighted by atomic mass is 9.74. The minimum Gasteiger partial charge on any atom is -0.342 e. The Bertz CT molecular complexity index is 694. The molecule has 1 aliphatic carbocycles. The summed E-state index contributed by atoms with van der Waals surface area (Å²) in [4.78, 5) is 11.1. The number of alkyl halides is 1. The minimum atomic E-state index is -0.729. The first-order valence-electron chi connectivity index (χ1n) is 7.71. The average Bonchev–Trinajstić information content (AvgIpc) is 3.08. The van der Waals surface area contributed by atoms with Gasteiger partial charge in [-0.25, -0.2) is 14.4 Å². The molecule has 0 bridgehead atoms. The molecule has 1 spiro atoms. The first kappa shape index (κ1) is 14.4. The summed E-state index contributed by atoms with van der Waals surface area (Å²) >= 11 is 3.47. The van der Waals surface area contributed by atoms with Crippen LogP contribution in [0.5, 0.6) is 0 Å². The van der Waals surface area contributed by atoms with Gasteiger partial charge in [-0.1, -0.05) is 0 Å². The van der Waals surface area contributed by atoms with Crippen molar-refractivity contribution in [3.63, 3.8) is 0 Å². The maximum atomic E-state index is 13.7. The molecule has 4 rings (SSSR count). The Balaban J connectivity index is 1.59. The van der Waals surface area contributed by atoms with Gasteiger partial charge in [-0.05, 0) is 47.0 Å². The number of hydrogen-bond donors (Lipinski definition) is 1. The van der Waals surface area contributed by atoms with Crippen molar-refractivity contribution >= 4 is 27.5 Å². The van der Waals surface area contributed by atoms with Crippen LogP contribution in [0.1, 0.15) is 25.7 Å². The second-order valence-corrected chi connectivity index (χ2v) is 7.37. The van der Waals surface area contributed by atoms with Crippen LogP contribution >= 0.6 is 15.9 Å². The highest BCUT2D eigenvalue weighted by molar-refractivity contribution is 9.10. The van der Waals surface area contributed by atoms with Gasteiger partial charge < -0.3 is 10.6 Å². The molecule has 22 heavy (non-hydrogen) atoms. The van der Waals surface area contributed by atoms with Gasteiger partial charge in [0.05, 0.1) is 4.47 Å². The first-order valence-corrected chi connectivity index (χ1v) is 8.50. The molecule has 2 aromatic rings. The van der Waals surface area contributed by atoms with Crippen molar-refractivity contribution < 1.29 is 4.39 Å². The molecule has 1 aliphatic heterocycles. The number of hydrogen-bond acceptors (Lipinski definition) is 4. The Morgan fingerprint density at radius 1 is 1.32 bits per heavy atom. The van der Waals surface area contributed by atoms with Gasteiger partial charge in [0.1, 0.15) is 6.17 Å². The monoisotopic (exact) mass is 367 g/mol. The van der Waals surface area contributed by atoms with Crippen molar-refractivity contribution in [3.8, 4) is 0 Å². The first-order chi connectivity index (χ1) is 10.6. The number of imidazole rings is 1. The third-order valence-corrected chi connectivity index (χ3v) is 5.89. The van der Waals surface area contributed by atoms with Gasteiger partial charge in [-0.3, -0.25) is 4.40 Å². The molecule has 2 aromatic heterocycles. The van der Waals surface area contributed by atoms with Gasteiger partial charge in [-0.2, -0.15) is 0 Å². The van der Waals surface area contributed by atoms with Gasteiger partial charge in [-0.15, -0.1) is 0 Å². The SMILES string of the molecule is N[C@@H]1C[C@H](F)CC12CCN(c1ncc(Br)c3nccn13)CC2. The molecule has 7 heteroatoms. The zero-order valence-electron chi connectivity index (χ0n) is 12.3. The van der Waals surface area contributed by atoms with Crippen LogP contribution < -0.4 is 10.6 Å². The van der Waals surface area contributed by atoms with Crippen molar-refractivity contribution in [2.75, 3.05) is 18.0 Å². The predicted octanol–water partition coefficient (Wildman–Crippen LogP) is 2.54. The second kappa shape index (κ2) is 5.16. The summed E-state index contributed by atoms with van der Waals surface area (Å²) in [5.41, 5.74) is 7.07. The van der Waals surface area contributed by atoms with Crippen LogP contribution in [0.2, 0.25) is 0 Å². The Kier molecular flexibility index (Phi) is 3.38. The van der Waals surface area contributed by atoms with E-state index >= 15 is 0 Å². The number of nitrogens with two attached hydrogens (primary N) is 1. The summed E-state index contributed by atoms with van der Waals surface area (Å²) in [6, 6.07) is -0.00390. The highest BCUT2D eigenvalue weighted by atomic mass is 79.9. The number of nitrogens with zero attached hydrogens (tertiary/aromatic N) is 4. The van der Waals surface area contributed by atoms with Crippen molar-refractivity contribution in [1.82, 2.24) is 14.4 Å². The highest BCUT2D eigenvalue weighted by Crippen LogP contribution is 2.47. The molecule has 1 saturated heterocycles. The molecule has 1 saturated carbocycles. The van der Waals surface area contributed by atoms with E-state index in [9.17, 15) is 4.39 Å². The smallest absolute Gasteiger partial charge is 0.211 e. The van der Waals surface area contributed by atoms with Crippen LogP contribution in [0.3, 0.4) is 0 Å². The molecule has 3 heterocycles. The molecule has 0 radical (unpaired) electrons. The summed E-state index contributed by atoms with van der Waals surface area (Å²) in [7, 11) is 0. The quantitative estimate of drug-likeness (QED) is 0.841. The van der Waals surface area contributed by atoms with Crippen LogP contribution in [-0.4, -0.2) is 39.7 Å². The van der Waals surface area contributed by atoms with E-state index in [1.807, 2.05) is 10.6 Å². The number of fused-ring (bicyclic) bond motifs is 1. The number of anilines is 1. The molecule has 5 nitrogen and oxygen atoms in total. The second-order valence-electron chi connectivity index (χ2n) is 6.52. The maximum absolute atomic E-state index is 13.7. The summed E-state index contributed by atoms with van der Waals surface area (Å²) in [6.07, 6.45) is 7.76. The van der Waals surface area contributed by atoms with E-state index in [0.29, 0.717) is 12.8 Å². The van der Waals surface area contributed by atoms with Gasteiger partial charge in [0.2, 0.25) is 5.95 Å². The van der Waals surface area contributed by atoms with Crippen molar-refractivity contribution in [3.05, 3.63) is 23.1 Å². The van der Waals surface area contributed by atoms with Crippen LogP contribution in [-0.2, 0) is 0 Å². The van der Waals surface area contributed by atoms with Gasteiger partial charge in [0.25, 0.3) is 0 Å². The zero-order chi connectivity index (χ0) is 15.3. The number of rotatable bonds is 1. The lowest BCUT2D eigenvalue weighted by Gasteiger charge is -2.42. The molecular formula is C15H19BrFN5. The van der Waals surface area contributed by atoms with E-state index in [4.69, 9.17) is 5.73 Å². The van der Waals surface area contributed by atoms with E-state index in [2.05, 4.69) is 30.8 Å². The molecule has 2 atom stereocenters. The summed E-state index contributed by atoms with van der Waals surface area (Å²) in [5, 5.41) is 0. The van der Waals surface area contributed by atoms with E-state index in [-0.39, 0.29) is 11.5 Å². The average molecular weight is 368 g/mol. The van der Waals surface area contributed by atoms with E-state index < -0.39 is 6.17 Å². The van der Waals surface area contributed by atoms with Crippen molar-refractivity contribution in [1.29, 1.82) is 0 Å². The normalized spacial score (nSPS) is 27.9. The minimum absolute atomic E-state index is 0.00390. The molecule has 2 aliphatic rings.